The number of hydrogen-bond donors (Lipinski definition) is 1. The minimum absolute atomic E-state index is 0.268. The summed E-state index contributed by atoms with van der Waals surface area (Å²) >= 11 is 3.31. The fraction of sp³-hybridized carbons (Fsp3) is 0. The summed E-state index contributed by atoms with van der Waals surface area (Å²) in [6, 6.07) is 10.8. The molecule has 2 aromatic rings. The van der Waals surface area contributed by atoms with Gasteiger partial charge in [-0.25, -0.2) is 5.43 Å². The Kier molecular flexibility index (Phi) is 4.69. The van der Waals surface area contributed by atoms with Gasteiger partial charge in [0.2, 0.25) is 0 Å². The Balaban J connectivity index is 1.89. The number of hydrogen-bond acceptors (Lipinski definition) is 3. The molecular formula is C14H11BrN2O2. The molecule has 96 valence electrons. The van der Waals surface area contributed by atoms with Gasteiger partial charge in [0, 0.05) is 10.7 Å². The number of allylic oxidation sites excluding steroid dienone is 1. The van der Waals surface area contributed by atoms with E-state index in [0.29, 0.717) is 5.56 Å². The number of rotatable bonds is 4. The second-order valence-electron chi connectivity index (χ2n) is 3.57. The average Bonchev–Trinajstić information content (AvgIpc) is 2.92. The van der Waals surface area contributed by atoms with Crippen LogP contribution in [-0.4, -0.2) is 12.1 Å². The molecule has 1 amide bonds. The van der Waals surface area contributed by atoms with Gasteiger partial charge in [0.1, 0.15) is 5.76 Å². The van der Waals surface area contributed by atoms with Gasteiger partial charge in [-0.1, -0.05) is 12.1 Å². The third-order valence-electron chi connectivity index (χ3n) is 2.25. The van der Waals surface area contributed by atoms with Gasteiger partial charge in [-0.15, -0.1) is 0 Å². The zero-order valence-electron chi connectivity index (χ0n) is 9.92. The van der Waals surface area contributed by atoms with Gasteiger partial charge in [-0.3, -0.25) is 4.79 Å². The van der Waals surface area contributed by atoms with Crippen LogP contribution in [0, 0.1) is 0 Å². The van der Waals surface area contributed by atoms with E-state index in [-0.39, 0.29) is 5.91 Å². The lowest BCUT2D eigenvalue weighted by atomic mass is 10.2. The van der Waals surface area contributed by atoms with E-state index in [1.54, 1.807) is 42.7 Å². The Morgan fingerprint density at radius 1 is 1.26 bits per heavy atom. The number of amides is 1. The number of hydrazone groups is 1. The van der Waals surface area contributed by atoms with E-state index in [1.807, 2.05) is 12.1 Å². The van der Waals surface area contributed by atoms with E-state index < -0.39 is 0 Å². The van der Waals surface area contributed by atoms with Crippen molar-refractivity contribution in [1.29, 1.82) is 0 Å². The number of benzene rings is 1. The van der Waals surface area contributed by atoms with Crippen LogP contribution in [-0.2, 0) is 0 Å². The van der Waals surface area contributed by atoms with Crippen LogP contribution in [0.15, 0.2) is 62.7 Å². The van der Waals surface area contributed by atoms with Crippen molar-refractivity contribution in [3.05, 3.63) is 64.5 Å². The van der Waals surface area contributed by atoms with Gasteiger partial charge in [-0.05, 0) is 52.3 Å². The summed E-state index contributed by atoms with van der Waals surface area (Å²) in [5.41, 5.74) is 2.98. The average molecular weight is 319 g/mol. The molecule has 2 rings (SSSR count). The number of halogens is 1. The Bertz CT molecular complexity index is 604. The molecule has 0 saturated heterocycles. The molecule has 1 N–H and O–H groups in total. The maximum Gasteiger partial charge on any atom is 0.272 e. The highest BCUT2D eigenvalue weighted by molar-refractivity contribution is 9.10. The highest BCUT2D eigenvalue weighted by Gasteiger charge is 2.06. The van der Waals surface area contributed by atoms with Crippen LogP contribution in [0.5, 0.6) is 0 Å². The molecule has 0 saturated carbocycles. The Morgan fingerprint density at radius 3 is 2.84 bits per heavy atom. The van der Waals surface area contributed by atoms with E-state index in [1.165, 1.54) is 6.21 Å². The van der Waals surface area contributed by atoms with Gasteiger partial charge in [0.25, 0.3) is 5.91 Å². The topological polar surface area (TPSA) is 54.6 Å². The lowest BCUT2D eigenvalue weighted by Crippen LogP contribution is -2.17. The number of nitrogens with zero attached hydrogens (tertiary/aromatic N) is 1. The van der Waals surface area contributed by atoms with Crippen LogP contribution >= 0.6 is 15.9 Å². The lowest BCUT2D eigenvalue weighted by molar-refractivity contribution is 0.0954. The monoisotopic (exact) mass is 318 g/mol. The molecule has 1 heterocycles. The summed E-state index contributed by atoms with van der Waals surface area (Å²) in [6.45, 7) is 0. The van der Waals surface area contributed by atoms with Crippen LogP contribution in [0.25, 0.3) is 6.08 Å². The molecule has 0 fully saturated rings. The van der Waals surface area contributed by atoms with Gasteiger partial charge in [0.15, 0.2) is 0 Å². The van der Waals surface area contributed by atoms with Crippen molar-refractivity contribution in [2.45, 2.75) is 0 Å². The predicted octanol–water partition coefficient (Wildman–Crippen LogP) is 3.47. The summed E-state index contributed by atoms with van der Waals surface area (Å²) in [7, 11) is 0. The molecular weight excluding hydrogens is 308 g/mol. The fourth-order valence-corrected chi connectivity index (χ4v) is 1.83. The van der Waals surface area contributed by atoms with E-state index in [2.05, 4.69) is 26.5 Å². The number of nitrogens with one attached hydrogen (secondary N) is 1. The Labute approximate surface area is 118 Å². The van der Waals surface area contributed by atoms with E-state index in [0.717, 1.165) is 10.2 Å². The van der Waals surface area contributed by atoms with Crippen LogP contribution < -0.4 is 5.43 Å². The molecule has 0 aliphatic heterocycles. The van der Waals surface area contributed by atoms with Crippen molar-refractivity contribution < 1.29 is 9.21 Å². The highest BCUT2D eigenvalue weighted by Crippen LogP contribution is 2.15. The quantitative estimate of drug-likeness (QED) is 0.693. The van der Waals surface area contributed by atoms with Crippen LogP contribution in [0.4, 0.5) is 0 Å². The summed E-state index contributed by atoms with van der Waals surface area (Å²) in [5, 5.41) is 3.81. The van der Waals surface area contributed by atoms with Gasteiger partial charge < -0.3 is 4.42 Å². The summed E-state index contributed by atoms with van der Waals surface area (Å²) in [5.74, 6) is 0.457. The molecule has 19 heavy (non-hydrogen) atoms. The minimum atomic E-state index is -0.268. The van der Waals surface area contributed by atoms with Gasteiger partial charge >= 0.3 is 0 Å². The molecule has 0 atom stereocenters. The van der Waals surface area contributed by atoms with Crippen LogP contribution in [0.2, 0.25) is 0 Å². The summed E-state index contributed by atoms with van der Waals surface area (Å²) < 4.78 is 5.83. The van der Waals surface area contributed by atoms with Gasteiger partial charge in [0.05, 0.1) is 11.8 Å². The maximum atomic E-state index is 11.8. The fourth-order valence-electron chi connectivity index (χ4n) is 1.37. The van der Waals surface area contributed by atoms with Crippen molar-refractivity contribution in [3.8, 4) is 0 Å². The first-order valence-electron chi connectivity index (χ1n) is 5.55. The molecule has 0 spiro atoms. The molecule has 5 heteroatoms. The van der Waals surface area contributed by atoms with Crippen molar-refractivity contribution >= 4 is 34.1 Å². The molecule has 1 aromatic carbocycles. The third kappa shape index (κ3) is 3.93. The minimum Gasteiger partial charge on any atom is -0.465 e. The maximum absolute atomic E-state index is 11.8. The van der Waals surface area contributed by atoms with E-state index >= 15 is 0 Å². The molecule has 0 unspecified atom stereocenters. The molecule has 4 nitrogen and oxygen atoms in total. The predicted molar refractivity (Wildman–Crippen MR) is 77.8 cm³/mol. The zero-order valence-corrected chi connectivity index (χ0v) is 11.5. The number of carbonyl (C=O) groups excluding carboxylic acids is 1. The standard InChI is InChI=1S/C14H11BrN2O2/c15-13-8-2-1-7-12(13)14(18)17-16-9-3-5-11-6-4-10-19-11/h1-10H,(H,17,18). The van der Waals surface area contributed by atoms with Crippen molar-refractivity contribution in [2.75, 3.05) is 0 Å². The number of furan rings is 1. The van der Waals surface area contributed by atoms with E-state index in [9.17, 15) is 4.79 Å². The third-order valence-corrected chi connectivity index (χ3v) is 2.94. The van der Waals surface area contributed by atoms with Crippen LogP contribution in [0.3, 0.4) is 0 Å². The second kappa shape index (κ2) is 6.70. The number of carbonyl (C=O) groups is 1. The molecule has 0 bridgehead atoms. The second-order valence-corrected chi connectivity index (χ2v) is 4.43. The lowest BCUT2D eigenvalue weighted by Gasteiger charge is -2.01. The Hall–Kier alpha value is -2.14. The largest absolute Gasteiger partial charge is 0.465 e. The summed E-state index contributed by atoms with van der Waals surface area (Å²) in [6.07, 6.45) is 6.50. The molecule has 0 aliphatic carbocycles. The van der Waals surface area contributed by atoms with Crippen molar-refractivity contribution in [3.63, 3.8) is 0 Å². The SMILES string of the molecule is O=C(NN=CC=Cc1ccco1)c1ccccc1Br. The van der Waals surface area contributed by atoms with Crippen molar-refractivity contribution in [1.82, 2.24) is 5.43 Å². The molecule has 0 radical (unpaired) electrons. The zero-order chi connectivity index (χ0) is 13.5. The Morgan fingerprint density at radius 2 is 2.11 bits per heavy atom. The first-order chi connectivity index (χ1) is 9.27. The molecule has 0 aliphatic rings. The first kappa shape index (κ1) is 13.3. The normalized spacial score (nSPS) is 11.2. The summed E-state index contributed by atoms with van der Waals surface area (Å²) in [4.78, 5) is 11.8. The molecule has 1 aromatic heterocycles. The van der Waals surface area contributed by atoms with Crippen LogP contribution in [0.1, 0.15) is 16.1 Å². The highest BCUT2D eigenvalue weighted by atomic mass is 79.9. The van der Waals surface area contributed by atoms with Crippen molar-refractivity contribution in [2.24, 2.45) is 5.10 Å². The first-order valence-corrected chi connectivity index (χ1v) is 6.35. The van der Waals surface area contributed by atoms with Gasteiger partial charge in [-0.2, -0.15) is 5.10 Å². The smallest absolute Gasteiger partial charge is 0.272 e. The van der Waals surface area contributed by atoms with E-state index in [4.69, 9.17) is 4.42 Å².